The van der Waals surface area contributed by atoms with Crippen molar-refractivity contribution in [2.75, 3.05) is 0 Å². The molecule has 0 unspecified atom stereocenters. The van der Waals surface area contributed by atoms with Gasteiger partial charge in [-0.15, -0.1) is 21.5 Å². The molecule has 3 heterocycles. The van der Waals surface area contributed by atoms with Crippen LogP contribution in [0.25, 0.3) is 0 Å². The lowest BCUT2D eigenvalue weighted by Gasteiger charge is -2.33. The first-order valence-electron chi connectivity index (χ1n) is 10.2. The van der Waals surface area contributed by atoms with Crippen LogP contribution in [0.2, 0.25) is 0 Å². The second kappa shape index (κ2) is 7.04. The summed E-state index contributed by atoms with van der Waals surface area (Å²) in [4.78, 5) is 15.1. The SMILES string of the molecule is C[C@@H](NC(=O)c1cc2c(s1)CC[C@@H](C(C)(C)C)C2)c1nnc2n1CCCC2. The fourth-order valence-electron chi connectivity index (χ4n) is 4.36. The molecular formula is C21H30N4OS. The van der Waals surface area contributed by atoms with E-state index < -0.39 is 0 Å². The quantitative estimate of drug-likeness (QED) is 0.855. The molecule has 0 fully saturated rings. The van der Waals surface area contributed by atoms with Crippen LogP contribution in [0.15, 0.2) is 6.07 Å². The maximum absolute atomic E-state index is 12.9. The van der Waals surface area contributed by atoms with Gasteiger partial charge in [0.15, 0.2) is 5.82 Å². The molecule has 27 heavy (non-hydrogen) atoms. The Hall–Kier alpha value is -1.69. The number of carbonyl (C=O) groups excluding carboxylic acids is 1. The molecule has 0 bridgehead atoms. The lowest BCUT2D eigenvalue weighted by molar-refractivity contribution is 0.0941. The third-order valence-corrected chi connectivity index (χ3v) is 7.39. The summed E-state index contributed by atoms with van der Waals surface area (Å²) in [6.45, 7) is 9.93. The second-order valence-electron chi connectivity index (χ2n) is 9.14. The van der Waals surface area contributed by atoms with Gasteiger partial charge in [-0.2, -0.15) is 0 Å². The number of nitrogens with zero attached hydrogens (tertiary/aromatic N) is 3. The van der Waals surface area contributed by atoms with E-state index in [9.17, 15) is 4.79 Å². The summed E-state index contributed by atoms with van der Waals surface area (Å²) >= 11 is 1.67. The van der Waals surface area contributed by atoms with Crippen LogP contribution in [0.4, 0.5) is 0 Å². The molecule has 2 aromatic rings. The van der Waals surface area contributed by atoms with Gasteiger partial charge in [-0.05, 0) is 62.0 Å². The van der Waals surface area contributed by atoms with Gasteiger partial charge in [0.25, 0.3) is 5.91 Å². The van der Waals surface area contributed by atoms with Gasteiger partial charge in [0.2, 0.25) is 0 Å². The first-order chi connectivity index (χ1) is 12.8. The minimum Gasteiger partial charge on any atom is -0.342 e. The Morgan fingerprint density at radius 1 is 1.30 bits per heavy atom. The zero-order valence-corrected chi connectivity index (χ0v) is 17.7. The number of aryl methyl sites for hydroxylation is 2. The average molecular weight is 387 g/mol. The Morgan fingerprint density at radius 3 is 2.89 bits per heavy atom. The highest BCUT2D eigenvalue weighted by Crippen LogP contribution is 2.40. The van der Waals surface area contributed by atoms with Crippen LogP contribution in [0.5, 0.6) is 0 Å². The number of thiophene rings is 1. The summed E-state index contributed by atoms with van der Waals surface area (Å²) in [5.41, 5.74) is 1.70. The van der Waals surface area contributed by atoms with E-state index >= 15 is 0 Å². The normalized spacial score (nSPS) is 20.7. The van der Waals surface area contributed by atoms with Crippen molar-refractivity contribution in [2.24, 2.45) is 11.3 Å². The van der Waals surface area contributed by atoms with Crippen LogP contribution in [-0.4, -0.2) is 20.7 Å². The molecule has 1 amide bonds. The maximum Gasteiger partial charge on any atom is 0.261 e. The molecule has 1 aliphatic carbocycles. The van der Waals surface area contributed by atoms with Crippen molar-refractivity contribution in [1.29, 1.82) is 0 Å². The van der Waals surface area contributed by atoms with Crippen molar-refractivity contribution in [3.8, 4) is 0 Å². The Labute approximate surface area is 165 Å². The summed E-state index contributed by atoms with van der Waals surface area (Å²) in [5.74, 6) is 2.64. The maximum atomic E-state index is 12.9. The Morgan fingerprint density at radius 2 is 2.11 bits per heavy atom. The van der Waals surface area contributed by atoms with Gasteiger partial charge in [-0.1, -0.05) is 20.8 Å². The van der Waals surface area contributed by atoms with Gasteiger partial charge in [0, 0.05) is 17.8 Å². The van der Waals surface area contributed by atoms with Gasteiger partial charge in [-0.3, -0.25) is 4.79 Å². The van der Waals surface area contributed by atoms with E-state index in [1.807, 2.05) is 6.92 Å². The number of rotatable bonds is 3. The second-order valence-corrected chi connectivity index (χ2v) is 10.3. The van der Waals surface area contributed by atoms with E-state index in [0.717, 1.165) is 48.8 Å². The Balaban J connectivity index is 1.47. The monoisotopic (exact) mass is 386 g/mol. The fourth-order valence-corrected chi connectivity index (χ4v) is 5.47. The highest BCUT2D eigenvalue weighted by Gasteiger charge is 2.31. The van der Waals surface area contributed by atoms with Crippen molar-refractivity contribution >= 4 is 17.2 Å². The molecule has 5 nitrogen and oxygen atoms in total. The summed E-state index contributed by atoms with van der Waals surface area (Å²) in [6.07, 6.45) is 6.74. The van der Waals surface area contributed by atoms with Gasteiger partial charge in [0.1, 0.15) is 5.82 Å². The topological polar surface area (TPSA) is 59.8 Å². The zero-order chi connectivity index (χ0) is 19.2. The van der Waals surface area contributed by atoms with Crippen LogP contribution < -0.4 is 5.32 Å². The number of hydrogen-bond donors (Lipinski definition) is 1. The molecule has 0 spiro atoms. The highest BCUT2D eigenvalue weighted by molar-refractivity contribution is 7.14. The lowest BCUT2D eigenvalue weighted by Crippen LogP contribution is -2.29. The smallest absolute Gasteiger partial charge is 0.261 e. The molecule has 4 rings (SSSR count). The van der Waals surface area contributed by atoms with Gasteiger partial charge < -0.3 is 9.88 Å². The highest BCUT2D eigenvalue weighted by atomic mass is 32.1. The van der Waals surface area contributed by atoms with Crippen LogP contribution in [0.3, 0.4) is 0 Å². The van der Waals surface area contributed by atoms with E-state index in [1.165, 1.54) is 23.3 Å². The molecule has 2 aliphatic rings. The molecular weight excluding hydrogens is 356 g/mol. The largest absolute Gasteiger partial charge is 0.342 e. The minimum absolute atomic E-state index is 0.0161. The van der Waals surface area contributed by atoms with Crippen LogP contribution in [0.1, 0.15) is 84.8 Å². The third kappa shape index (κ3) is 3.68. The Kier molecular flexibility index (Phi) is 4.87. The van der Waals surface area contributed by atoms with Crippen molar-refractivity contribution in [2.45, 2.75) is 78.8 Å². The van der Waals surface area contributed by atoms with E-state index in [4.69, 9.17) is 0 Å². The molecule has 0 radical (unpaired) electrons. The molecule has 2 atom stereocenters. The molecule has 6 heteroatoms. The number of aromatic nitrogens is 3. The standard InChI is InChI=1S/C21H30N4OS/c1-13(19-24-23-18-7-5-6-10-25(18)19)22-20(26)17-12-14-11-15(21(2,3)4)8-9-16(14)27-17/h12-13,15H,5-11H2,1-4H3,(H,22,26)/t13-,15-/m1/s1. The van der Waals surface area contributed by atoms with Crippen molar-refractivity contribution in [3.63, 3.8) is 0 Å². The predicted octanol–water partition coefficient (Wildman–Crippen LogP) is 4.32. The molecule has 1 aliphatic heterocycles. The third-order valence-electron chi connectivity index (χ3n) is 6.15. The number of carbonyl (C=O) groups is 1. The van der Waals surface area contributed by atoms with E-state index in [0.29, 0.717) is 11.3 Å². The first kappa shape index (κ1) is 18.7. The van der Waals surface area contributed by atoms with Crippen molar-refractivity contribution in [1.82, 2.24) is 20.1 Å². The molecule has 0 saturated carbocycles. The summed E-state index contributed by atoms with van der Waals surface area (Å²) in [7, 11) is 0. The van der Waals surface area contributed by atoms with E-state index in [1.54, 1.807) is 11.3 Å². The number of nitrogens with one attached hydrogen (secondary N) is 1. The van der Waals surface area contributed by atoms with Crippen molar-refractivity contribution in [3.05, 3.63) is 33.0 Å². The Bertz CT molecular complexity index is 845. The average Bonchev–Trinajstić information content (AvgIpc) is 3.24. The minimum atomic E-state index is -0.127. The molecule has 146 valence electrons. The lowest BCUT2D eigenvalue weighted by atomic mass is 9.72. The fraction of sp³-hybridized carbons (Fsp3) is 0.667. The van der Waals surface area contributed by atoms with E-state index in [-0.39, 0.29) is 11.9 Å². The number of hydrogen-bond acceptors (Lipinski definition) is 4. The van der Waals surface area contributed by atoms with Gasteiger partial charge >= 0.3 is 0 Å². The first-order valence-corrected chi connectivity index (χ1v) is 11.0. The molecule has 2 aromatic heterocycles. The van der Waals surface area contributed by atoms with Crippen LogP contribution in [-0.2, 0) is 25.8 Å². The molecule has 0 aromatic carbocycles. The number of amides is 1. The van der Waals surface area contributed by atoms with Gasteiger partial charge in [0.05, 0.1) is 10.9 Å². The van der Waals surface area contributed by atoms with Crippen LogP contribution >= 0.6 is 11.3 Å². The predicted molar refractivity (Wildman–Crippen MR) is 108 cm³/mol. The molecule has 1 N–H and O–H groups in total. The van der Waals surface area contributed by atoms with Crippen molar-refractivity contribution < 1.29 is 4.79 Å². The van der Waals surface area contributed by atoms with E-state index in [2.05, 4.69) is 46.9 Å². The molecule has 0 saturated heterocycles. The summed E-state index contributed by atoms with van der Waals surface area (Å²) < 4.78 is 2.18. The number of fused-ring (bicyclic) bond motifs is 2. The summed E-state index contributed by atoms with van der Waals surface area (Å²) in [6, 6.07) is 2.00. The summed E-state index contributed by atoms with van der Waals surface area (Å²) in [5, 5.41) is 11.8. The van der Waals surface area contributed by atoms with Crippen LogP contribution in [0, 0.1) is 11.3 Å². The van der Waals surface area contributed by atoms with Gasteiger partial charge in [-0.25, -0.2) is 0 Å². The zero-order valence-electron chi connectivity index (χ0n) is 16.8.